The Balaban J connectivity index is 1.96. The van der Waals surface area contributed by atoms with Crippen LogP contribution in [0, 0.1) is 5.92 Å². The Kier molecular flexibility index (Phi) is 3.81. The summed E-state index contributed by atoms with van der Waals surface area (Å²) in [6.07, 6.45) is 9.16. The lowest BCUT2D eigenvalue weighted by Gasteiger charge is -2.40. The van der Waals surface area contributed by atoms with Gasteiger partial charge in [-0.25, -0.2) is 0 Å². The minimum absolute atomic E-state index is 0.755. The molecule has 0 aromatic carbocycles. The minimum Gasteiger partial charge on any atom is -0.330 e. The predicted octanol–water partition coefficient (Wildman–Crippen LogP) is 2.16. The van der Waals surface area contributed by atoms with Gasteiger partial charge in [-0.3, -0.25) is 4.90 Å². The fraction of sp³-hybridized carbons (Fsp3) is 0.846. The molecule has 2 aliphatic rings. The molecule has 0 saturated heterocycles. The number of nitrogens with two attached hydrogens (primary N) is 1. The van der Waals surface area contributed by atoms with Crippen molar-refractivity contribution in [3.05, 3.63) is 11.6 Å². The van der Waals surface area contributed by atoms with Crippen LogP contribution in [0.1, 0.15) is 39.0 Å². The summed E-state index contributed by atoms with van der Waals surface area (Å²) < 4.78 is 0. The summed E-state index contributed by atoms with van der Waals surface area (Å²) in [5.74, 6) is 0.755. The van der Waals surface area contributed by atoms with Crippen LogP contribution >= 0.6 is 0 Å². The molecule has 2 heteroatoms. The van der Waals surface area contributed by atoms with Gasteiger partial charge in [-0.15, -0.1) is 0 Å². The molecule has 0 radical (unpaired) electrons. The van der Waals surface area contributed by atoms with E-state index in [4.69, 9.17) is 5.73 Å². The SMILES string of the molecule is CC1=CCN(C2CCCCC2CN)CC1. The average molecular weight is 208 g/mol. The number of hydrogen-bond acceptors (Lipinski definition) is 2. The van der Waals surface area contributed by atoms with Crippen LogP contribution in [0.5, 0.6) is 0 Å². The Morgan fingerprint density at radius 2 is 2.20 bits per heavy atom. The standard InChI is InChI=1S/C13H24N2/c1-11-6-8-15(9-7-11)13-5-3-2-4-12(13)10-14/h6,12-13H,2-5,7-10,14H2,1H3. The van der Waals surface area contributed by atoms with Crippen molar-refractivity contribution in [2.24, 2.45) is 11.7 Å². The third-order valence-electron chi connectivity index (χ3n) is 4.11. The normalized spacial score (nSPS) is 33.9. The molecule has 86 valence electrons. The summed E-state index contributed by atoms with van der Waals surface area (Å²) >= 11 is 0. The smallest absolute Gasteiger partial charge is 0.0168 e. The van der Waals surface area contributed by atoms with E-state index in [-0.39, 0.29) is 0 Å². The summed E-state index contributed by atoms with van der Waals surface area (Å²) in [5, 5.41) is 0. The van der Waals surface area contributed by atoms with Gasteiger partial charge >= 0.3 is 0 Å². The highest BCUT2D eigenvalue weighted by Gasteiger charge is 2.29. The Hall–Kier alpha value is -0.340. The van der Waals surface area contributed by atoms with E-state index in [1.54, 1.807) is 5.57 Å². The van der Waals surface area contributed by atoms with Crippen molar-refractivity contribution >= 4 is 0 Å². The van der Waals surface area contributed by atoms with Gasteiger partial charge in [0.15, 0.2) is 0 Å². The second-order valence-corrected chi connectivity index (χ2v) is 5.14. The molecule has 1 fully saturated rings. The van der Waals surface area contributed by atoms with Crippen LogP contribution in [0.15, 0.2) is 11.6 Å². The first-order valence-electron chi connectivity index (χ1n) is 6.41. The lowest BCUT2D eigenvalue weighted by molar-refractivity contribution is 0.115. The van der Waals surface area contributed by atoms with E-state index in [2.05, 4.69) is 17.9 Å². The lowest BCUT2D eigenvalue weighted by atomic mass is 9.83. The molecule has 2 N–H and O–H groups in total. The number of rotatable bonds is 2. The molecule has 15 heavy (non-hydrogen) atoms. The Bertz CT molecular complexity index is 235. The molecule has 0 aromatic rings. The van der Waals surface area contributed by atoms with E-state index in [0.717, 1.165) is 25.0 Å². The van der Waals surface area contributed by atoms with E-state index < -0.39 is 0 Å². The van der Waals surface area contributed by atoms with Crippen molar-refractivity contribution in [1.29, 1.82) is 0 Å². The summed E-state index contributed by atoms with van der Waals surface area (Å²) in [5.41, 5.74) is 7.45. The van der Waals surface area contributed by atoms with Gasteiger partial charge in [0.25, 0.3) is 0 Å². The molecule has 0 spiro atoms. The summed E-state index contributed by atoms with van der Waals surface area (Å²) in [7, 11) is 0. The molecule has 0 bridgehead atoms. The molecular weight excluding hydrogens is 184 g/mol. The maximum Gasteiger partial charge on any atom is 0.0168 e. The highest BCUT2D eigenvalue weighted by molar-refractivity contribution is 5.05. The van der Waals surface area contributed by atoms with Gasteiger partial charge in [0.2, 0.25) is 0 Å². The molecule has 2 rings (SSSR count). The third-order valence-corrected chi connectivity index (χ3v) is 4.11. The molecule has 2 nitrogen and oxygen atoms in total. The molecule has 2 atom stereocenters. The Labute approximate surface area is 93.5 Å². The van der Waals surface area contributed by atoms with Crippen LogP contribution in [0.25, 0.3) is 0 Å². The highest BCUT2D eigenvalue weighted by atomic mass is 15.2. The van der Waals surface area contributed by atoms with E-state index in [0.29, 0.717) is 0 Å². The van der Waals surface area contributed by atoms with Gasteiger partial charge in [-0.2, -0.15) is 0 Å². The average Bonchev–Trinajstić information content (AvgIpc) is 2.30. The molecule has 1 aliphatic carbocycles. The van der Waals surface area contributed by atoms with Crippen molar-refractivity contribution in [1.82, 2.24) is 4.90 Å². The van der Waals surface area contributed by atoms with Crippen LogP contribution in [-0.4, -0.2) is 30.6 Å². The van der Waals surface area contributed by atoms with Crippen molar-refractivity contribution in [3.63, 3.8) is 0 Å². The van der Waals surface area contributed by atoms with Gasteiger partial charge in [0.1, 0.15) is 0 Å². The van der Waals surface area contributed by atoms with Gasteiger partial charge in [0.05, 0.1) is 0 Å². The zero-order valence-corrected chi connectivity index (χ0v) is 9.91. The first-order valence-corrected chi connectivity index (χ1v) is 6.41. The largest absolute Gasteiger partial charge is 0.330 e. The molecule has 1 aliphatic heterocycles. The van der Waals surface area contributed by atoms with Gasteiger partial charge in [0, 0.05) is 19.1 Å². The first-order chi connectivity index (χ1) is 7.31. The quantitative estimate of drug-likeness (QED) is 0.705. The Morgan fingerprint density at radius 3 is 2.87 bits per heavy atom. The van der Waals surface area contributed by atoms with Gasteiger partial charge < -0.3 is 5.73 Å². The Morgan fingerprint density at radius 1 is 1.40 bits per heavy atom. The molecular formula is C13H24N2. The maximum atomic E-state index is 5.89. The van der Waals surface area contributed by atoms with Crippen LogP contribution in [-0.2, 0) is 0 Å². The second kappa shape index (κ2) is 5.13. The van der Waals surface area contributed by atoms with E-state index in [9.17, 15) is 0 Å². The van der Waals surface area contributed by atoms with E-state index in [1.165, 1.54) is 38.6 Å². The second-order valence-electron chi connectivity index (χ2n) is 5.14. The minimum atomic E-state index is 0.755. The molecule has 1 heterocycles. The lowest BCUT2D eigenvalue weighted by Crippen LogP contribution is -2.46. The van der Waals surface area contributed by atoms with Crippen LogP contribution in [0.2, 0.25) is 0 Å². The molecule has 0 aromatic heterocycles. The van der Waals surface area contributed by atoms with E-state index >= 15 is 0 Å². The topological polar surface area (TPSA) is 29.3 Å². The fourth-order valence-corrected chi connectivity index (χ4v) is 3.03. The first kappa shape index (κ1) is 11.2. The van der Waals surface area contributed by atoms with E-state index in [1.807, 2.05) is 0 Å². The van der Waals surface area contributed by atoms with Crippen molar-refractivity contribution < 1.29 is 0 Å². The van der Waals surface area contributed by atoms with Crippen LogP contribution in [0.3, 0.4) is 0 Å². The monoisotopic (exact) mass is 208 g/mol. The highest BCUT2D eigenvalue weighted by Crippen LogP contribution is 2.29. The van der Waals surface area contributed by atoms with Crippen LogP contribution in [0.4, 0.5) is 0 Å². The number of nitrogens with zero attached hydrogens (tertiary/aromatic N) is 1. The summed E-state index contributed by atoms with van der Waals surface area (Å²) in [6.45, 7) is 5.54. The molecule has 0 amide bonds. The zero-order chi connectivity index (χ0) is 10.7. The van der Waals surface area contributed by atoms with Crippen molar-refractivity contribution in [3.8, 4) is 0 Å². The maximum absolute atomic E-state index is 5.89. The fourth-order valence-electron chi connectivity index (χ4n) is 3.03. The van der Waals surface area contributed by atoms with Crippen molar-refractivity contribution in [2.45, 2.75) is 45.1 Å². The van der Waals surface area contributed by atoms with Crippen LogP contribution < -0.4 is 5.73 Å². The van der Waals surface area contributed by atoms with Gasteiger partial charge in [-0.05, 0) is 38.6 Å². The van der Waals surface area contributed by atoms with Gasteiger partial charge in [-0.1, -0.05) is 24.5 Å². The summed E-state index contributed by atoms with van der Waals surface area (Å²) in [4.78, 5) is 2.66. The van der Waals surface area contributed by atoms with Crippen molar-refractivity contribution in [2.75, 3.05) is 19.6 Å². The zero-order valence-electron chi connectivity index (χ0n) is 9.91. The predicted molar refractivity (Wildman–Crippen MR) is 64.7 cm³/mol. The molecule has 1 saturated carbocycles. The number of hydrogen-bond donors (Lipinski definition) is 1. The summed E-state index contributed by atoms with van der Waals surface area (Å²) in [6, 6.07) is 0.771. The molecule has 2 unspecified atom stereocenters. The third kappa shape index (κ3) is 2.61.